The molecule has 26 heavy (non-hydrogen) atoms. The Balaban J connectivity index is 0.000000552. The van der Waals surface area contributed by atoms with Gasteiger partial charge in [-0.3, -0.25) is 0 Å². The lowest BCUT2D eigenvalue weighted by Gasteiger charge is -2.26. The Morgan fingerprint density at radius 1 is 0.962 bits per heavy atom. The molecule has 2 aromatic carbocycles. The minimum absolute atomic E-state index is 0.173. The summed E-state index contributed by atoms with van der Waals surface area (Å²) >= 11 is 0. The Morgan fingerprint density at radius 3 is 2.15 bits per heavy atom. The van der Waals surface area contributed by atoms with Gasteiger partial charge in [0.1, 0.15) is 5.82 Å². The first-order valence-corrected chi connectivity index (χ1v) is 9.14. The van der Waals surface area contributed by atoms with Crippen molar-refractivity contribution in [3.8, 4) is 11.1 Å². The molecule has 0 amide bonds. The average molecular weight is 362 g/mol. The molecule has 0 heterocycles. The fourth-order valence-corrected chi connectivity index (χ4v) is 3.52. The fraction of sp³-hybridized carbons (Fsp3) is 0.409. The second-order valence-corrected chi connectivity index (χ2v) is 7.10. The summed E-state index contributed by atoms with van der Waals surface area (Å²) in [6, 6.07) is 15.4. The molecule has 0 saturated heterocycles. The molecule has 1 saturated carbocycles. The molecule has 0 unspecified atom stereocenters. The normalized spacial score (nSPS) is 19.4. The van der Waals surface area contributed by atoms with Crippen molar-refractivity contribution in [3.05, 3.63) is 59.9 Å². The summed E-state index contributed by atoms with van der Waals surface area (Å²) in [5.41, 5.74) is 3.45. The first-order chi connectivity index (χ1) is 12.4. The van der Waals surface area contributed by atoms with E-state index in [9.17, 15) is 13.2 Å². The number of carbonyl (C=O) groups excluding carboxylic acids is 1. The SMILES string of the molecule is CC1CCC(CCc2ccc(-c3cccc(F)c3)cc2)CC1.O=C(F)F. The van der Waals surface area contributed by atoms with Crippen LogP contribution in [0.5, 0.6) is 0 Å². The van der Waals surface area contributed by atoms with E-state index < -0.39 is 6.29 Å². The molecular formula is C22H25F3O. The summed E-state index contributed by atoms with van der Waals surface area (Å²) in [6.45, 7) is 2.38. The van der Waals surface area contributed by atoms with Crippen LogP contribution in [-0.4, -0.2) is 6.29 Å². The van der Waals surface area contributed by atoms with Crippen LogP contribution < -0.4 is 0 Å². The van der Waals surface area contributed by atoms with Crippen molar-refractivity contribution in [2.75, 3.05) is 0 Å². The van der Waals surface area contributed by atoms with Crippen LogP contribution in [0, 0.1) is 17.7 Å². The van der Waals surface area contributed by atoms with E-state index in [2.05, 4.69) is 31.2 Å². The molecule has 0 aromatic heterocycles. The molecule has 1 nitrogen and oxygen atoms in total. The molecule has 1 fully saturated rings. The molecule has 3 rings (SSSR count). The van der Waals surface area contributed by atoms with E-state index in [1.807, 2.05) is 6.07 Å². The van der Waals surface area contributed by atoms with Crippen molar-refractivity contribution in [2.24, 2.45) is 11.8 Å². The zero-order valence-electron chi connectivity index (χ0n) is 15.1. The van der Waals surface area contributed by atoms with E-state index in [-0.39, 0.29) is 5.82 Å². The summed E-state index contributed by atoms with van der Waals surface area (Å²) in [4.78, 5) is 8.11. The van der Waals surface area contributed by atoms with Crippen molar-refractivity contribution in [1.82, 2.24) is 0 Å². The molecule has 4 heteroatoms. The van der Waals surface area contributed by atoms with E-state index in [0.717, 1.165) is 23.0 Å². The molecule has 1 aliphatic rings. The van der Waals surface area contributed by atoms with Gasteiger partial charge in [0.05, 0.1) is 0 Å². The van der Waals surface area contributed by atoms with Crippen molar-refractivity contribution >= 4 is 6.29 Å². The first-order valence-electron chi connectivity index (χ1n) is 9.14. The van der Waals surface area contributed by atoms with Gasteiger partial charge in [0.2, 0.25) is 0 Å². The number of rotatable bonds is 4. The summed E-state index contributed by atoms with van der Waals surface area (Å²) in [7, 11) is 0. The Hall–Kier alpha value is -2.10. The van der Waals surface area contributed by atoms with Gasteiger partial charge in [0.15, 0.2) is 0 Å². The summed E-state index contributed by atoms with van der Waals surface area (Å²) in [5, 5.41) is 0. The van der Waals surface area contributed by atoms with Gasteiger partial charge < -0.3 is 0 Å². The zero-order valence-corrected chi connectivity index (χ0v) is 15.1. The van der Waals surface area contributed by atoms with E-state index in [0.29, 0.717) is 0 Å². The smallest absolute Gasteiger partial charge is 0.219 e. The zero-order chi connectivity index (χ0) is 18.9. The van der Waals surface area contributed by atoms with E-state index in [1.54, 1.807) is 12.1 Å². The molecule has 0 radical (unpaired) electrons. The minimum atomic E-state index is -2.83. The third-order valence-corrected chi connectivity index (χ3v) is 5.09. The maximum absolute atomic E-state index is 13.3. The van der Waals surface area contributed by atoms with Crippen molar-refractivity contribution in [1.29, 1.82) is 0 Å². The van der Waals surface area contributed by atoms with Gasteiger partial charge >= 0.3 is 6.29 Å². The number of benzene rings is 2. The highest BCUT2D eigenvalue weighted by Crippen LogP contribution is 2.31. The van der Waals surface area contributed by atoms with Crippen LogP contribution in [0.2, 0.25) is 0 Å². The molecule has 0 bridgehead atoms. The van der Waals surface area contributed by atoms with Gasteiger partial charge in [-0.05, 0) is 53.5 Å². The highest BCUT2D eigenvalue weighted by atomic mass is 19.3. The van der Waals surface area contributed by atoms with E-state index in [1.165, 1.54) is 50.2 Å². The Labute approximate surface area is 153 Å². The molecular weight excluding hydrogens is 337 g/mol. The standard InChI is InChI=1S/C21H25F.CF2O/c1-16-5-7-17(8-6-16)9-10-18-11-13-19(14-12-18)20-3-2-4-21(22)15-20;2-1(3)4/h2-4,11-17H,5-10H2,1H3;. The first kappa shape index (κ1) is 20.2. The second kappa shape index (κ2) is 10.1. The van der Waals surface area contributed by atoms with Crippen LogP contribution in [0.3, 0.4) is 0 Å². The number of hydrogen-bond donors (Lipinski definition) is 0. The molecule has 0 aliphatic heterocycles. The van der Waals surface area contributed by atoms with Crippen molar-refractivity contribution in [2.45, 2.75) is 45.4 Å². The van der Waals surface area contributed by atoms with E-state index in [4.69, 9.17) is 4.79 Å². The van der Waals surface area contributed by atoms with Crippen molar-refractivity contribution in [3.63, 3.8) is 0 Å². The number of halogens is 3. The molecule has 0 atom stereocenters. The lowest BCUT2D eigenvalue weighted by Crippen LogP contribution is -2.12. The average Bonchev–Trinajstić information content (AvgIpc) is 2.61. The topological polar surface area (TPSA) is 17.1 Å². The van der Waals surface area contributed by atoms with Gasteiger partial charge in [-0.2, -0.15) is 0 Å². The Kier molecular flexibility index (Phi) is 7.89. The molecule has 0 N–H and O–H groups in total. The highest BCUT2D eigenvalue weighted by Gasteiger charge is 2.17. The lowest BCUT2D eigenvalue weighted by molar-refractivity contribution is 0.199. The third kappa shape index (κ3) is 7.03. The Bertz CT molecular complexity index is 685. The maximum Gasteiger partial charge on any atom is 0.483 e. The van der Waals surface area contributed by atoms with Gasteiger partial charge in [0, 0.05) is 0 Å². The predicted molar refractivity (Wildman–Crippen MR) is 98.9 cm³/mol. The largest absolute Gasteiger partial charge is 0.483 e. The van der Waals surface area contributed by atoms with Crippen LogP contribution >= 0.6 is 0 Å². The molecule has 140 valence electrons. The van der Waals surface area contributed by atoms with Gasteiger partial charge in [-0.25, -0.2) is 9.18 Å². The highest BCUT2D eigenvalue weighted by molar-refractivity contribution is 5.63. The van der Waals surface area contributed by atoms with E-state index >= 15 is 0 Å². The van der Waals surface area contributed by atoms with Crippen LogP contribution in [0.4, 0.5) is 18.0 Å². The minimum Gasteiger partial charge on any atom is -0.219 e. The van der Waals surface area contributed by atoms with Gasteiger partial charge in [-0.15, -0.1) is 8.78 Å². The maximum atomic E-state index is 13.3. The van der Waals surface area contributed by atoms with Crippen LogP contribution in [0.1, 0.15) is 44.6 Å². The molecule has 1 aliphatic carbocycles. The molecule has 2 aromatic rings. The summed E-state index contributed by atoms with van der Waals surface area (Å²) < 4.78 is 32.7. The number of carbonyl (C=O) groups is 1. The predicted octanol–water partition coefficient (Wildman–Crippen LogP) is 7.30. The second-order valence-electron chi connectivity index (χ2n) is 7.10. The van der Waals surface area contributed by atoms with Gasteiger partial charge in [0.25, 0.3) is 0 Å². The summed E-state index contributed by atoms with van der Waals surface area (Å²) in [6.07, 6.45) is 5.27. The van der Waals surface area contributed by atoms with Crippen LogP contribution in [-0.2, 0) is 6.42 Å². The lowest BCUT2D eigenvalue weighted by atomic mass is 9.80. The summed E-state index contributed by atoms with van der Waals surface area (Å²) in [5.74, 6) is 1.68. The van der Waals surface area contributed by atoms with Crippen LogP contribution in [0.25, 0.3) is 11.1 Å². The third-order valence-electron chi connectivity index (χ3n) is 5.09. The number of aryl methyl sites for hydroxylation is 1. The fourth-order valence-electron chi connectivity index (χ4n) is 3.52. The quantitative estimate of drug-likeness (QED) is 0.522. The number of hydrogen-bond acceptors (Lipinski definition) is 1. The van der Waals surface area contributed by atoms with Gasteiger partial charge in [-0.1, -0.05) is 69.0 Å². The van der Waals surface area contributed by atoms with Crippen LogP contribution in [0.15, 0.2) is 48.5 Å². The monoisotopic (exact) mass is 362 g/mol. The Morgan fingerprint density at radius 2 is 1.58 bits per heavy atom. The van der Waals surface area contributed by atoms with Crippen molar-refractivity contribution < 1.29 is 18.0 Å². The molecule has 0 spiro atoms.